The van der Waals surface area contributed by atoms with Gasteiger partial charge in [-0.2, -0.15) is 5.10 Å². The number of rotatable bonds is 6. The number of carbonyl (C=O) groups excluding carboxylic acids is 2. The molecule has 0 atom stereocenters. The number of hydrogen-bond donors (Lipinski definition) is 0. The molecule has 0 bridgehead atoms. The van der Waals surface area contributed by atoms with Crippen LogP contribution in [0.5, 0.6) is 5.75 Å². The normalized spacial score (nSPS) is 15.0. The highest BCUT2D eigenvalue weighted by molar-refractivity contribution is 5.93. The summed E-state index contributed by atoms with van der Waals surface area (Å²) < 4.78 is 7.31. The quantitative estimate of drug-likeness (QED) is 0.777. The maximum absolute atomic E-state index is 12.8. The van der Waals surface area contributed by atoms with Crippen LogP contribution >= 0.6 is 0 Å². The summed E-state index contributed by atoms with van der Waals surface area (Å²) in [5.41, 5.74) is 1.46. The molecule has 2 aromatic rings. The van der Waals surface area contributed by atoms with Crippen LogP contribution in [0.25, 0.3) is 0 Å². The predicted octanol–water partition coefficient (Wildman–Crippen LogP) is 1.74. The number of nitrogens with zero attached hydrogens (tertiary/aromatic N) is 4. The largest absolute Gasteiger partial charge is 0.492 e. The van der Waals surface area contributed by atoms with Gasteiger partial charge in [0.15, 0.2) is 0 Å². The lowest BCUT2D eigenvalue weighted by Crippen LogP contribution is -2.38. The molecule has 0 aliphatic carbocycles. The van der Waals surface area contributed by atoms with Crippen LogP contribution in [0.4, 0.5) is 0 Å². The van der Waals surface area contributed by atoms with Crippen LogP contribution in [0.2, 0.25) is 0 Å². The van der Waals surface area contributed by atoms with Crippen LogP contribution in [0.1, 0.15) is 29.5 Å². The fourth-order valence-electron chi connectivity index (χ4n) is 3.16. The summed E-state index contributed by atoms with van der Waals surface area (Å²) >= 11 is 0. The highest BCUT2D eigenvalue weighted by Crippen LogP contribution is 2.12. The molecule has 1 aromatic heterocycles. The second-order valence-electron chi connectivity index (χ2n) is 6.58. The van der Waals surface area contributed by atoms with Gasteiger partial charge < -0.3 is 14.5 Å². The van der Waals surface area contributed by atoms with Crippen molar-refractivity contribution in [1.29, 1.82) is 0 Å². The van der Waals surface area contributed by atoms with Gasteiger partial charge in [0.25, 0.3) is 5.91 Å². The molecule has 0 saturated carbocycles. The van der Waals surface area contributed by atoms with Crippen LogP contribution < -0.4 is 4.74 Å². The molecule has 27 heavy (non-hydrogen) atoms. The number of hydrogen-bond acceptors (Lipinski definition) is 4. The molecule has 1 aliphatic heterocycles. The van der Waals surface area contributed by atoms with Gasteiger partial charge in [0.1, 0.15) is 18.1 Å². The summed E-state index contributed by atoms with van der Waals surface area (Å²) in [6.45, 7) is 4.42. The third-order valence-electron chi connectivity index (χ3n) is 4.76. The minimum atomic E-state index is -0.0696. The zero-order valence-corrected chi connectivity index (χ0v) is 15.9. The topological polar surface area (TPSA) is 67.7 Å². The first-order valence-corrected chi connectivity index (χ1v) is 9.36. The molecule has 2 heterocycles. The smallest absolute Gasteiger partial charge is 0.272 e. The van der Waals surface area contributed by atoms with Crippen molar-refractivity contribution < 1.29 is 14.3 Å². The third-order valence-corrected chi connectivity index (χ3v) is 4.76. The first-order valence-electron chi connectivity index (χ1n) is 9.36. The molecule has 3 rings (SSSR count). The maximum atomic E-state index is 12.8. The van der Waals surface area contributed by atoms with E-state index in [0.29, 0.717) is 44.9 Å². The van der Waals surface area contributed by atoms with Crippen LogP contribution in [0.15, 0.2) is 36.4 Å². The minimum Gasteiger partial charge on any atom is -0.492 e. The Hall–Kier alpha value is -2.83. The van der Waals surface area contributed by atoms with Crippen LogP contribution in [-0.4, -0.2) is 64.2 Å². The lowest BCUT2D eigenvalue weighted by atomic mass is 10.2. The van der Waals surface area contributed by atoms with Gasteiger partial charge in [-0.15, -0.1) is 0 Å². The lowest BCUT2D eigenvalue weighted by molar-refractivity contribution is -0.130. The van der Waals surface area contributed by atoms with Crippen molar-refractivity contribution in [3.63, 3.8) is 0 Å². The van der Waals surface area contributed by atoms with Crippen LogP contribution in [0, 0.1) is 0 Å². The number of ether oxygens (including phenoxy) is 1. The second kappa shape index (κ2) is 8.70. The molecule has 0 spiro atoms. The molecule has 144 valence electrons. The Morgan fingerprint density at radius 1 is 1.19 bits per heavy atom. The zero-order chi connectivity index (χ0) is 19.2. The third kappa shape index (κ3) is 4.67. The Labute approximate surface area is 159 Å². The average Bonchev–Trinajstić information content (AvgIpc) is 2.97. The van der Waals surface area contributed by atoms with Crippen molar-refractivity contribution in [3.8, 4) is 5.75 Å². The van der Waals surface area contributed by atoms with Crippen molar-refractivity contribution in [2.45, 2.75) is 19.8 Å². The molecule has 7 nitrogen and oxygen atoms in total. The highest BCUT2D eigenvalue weighted by atomic mass is 16.5. The molecule has 1 aromatic carbocycles. The van der Waals surface area contributed by atoms with Gasteiger partial charge in [-0.05, 0) is 24.6 Å². The lowest BCUT2D eigenvalue weighted by Gasteiger charge is -2.22. The molecule has 0 N–H and O–H groups in total. The van der Waals surface area contributed by atoms with E-state index in [2.05, 4.69) is 5.10 Å². The van der Waals surface area contributed by atoms with E-state index in [1.54, 1.807) is 21.5 Å². The standard InChI is InChI=1S/C20H26N4O3/c1-3-16-15-18(22(2)21-16)20(26)24-10-9-19(25)23(11-12-24)13-14-27-17-7-5-4-6-8-17/h4-8,15H,3,9-14H2,1-2H3. The molecule has 7 heteroatoms. The minimum absolute atomic E-state index is 0.0567. The molecule has 2 amide bonds. The van der Waals surface area contributed by atoms with Gasteiger partial charge in [-0.1, -0.05) is 25.1 Å². The van der Waals surface area contributed by atoms with Gasteiger partial charge in [0.05, 0.1) is 12.2 Å². The van der Waals surface area contributed by atoms with Crippen LogP contribution in [0.3, 0.4) is 0 Å². The van der Waals surface area contributed by atoms with E-state index in [1.165, 1.54) is 0 Å². The Balaban J connectivity index is 1.56. The fraction of sp³-hybridized carbons (Fsp3) is 0.450. The average molecular weight is 370 g/mol. The van der Waals surface area contributed by atoms with E-state index in [4.69, 9.17) is 4.74 Å². The van der Waals surface area contributed by atoms with Crippen molar-refractivity contribution in [2.75, 3.05) is 32.8 Å². The predicted molar refractivity (Wildman–Crippen MR) is 102 cm³/mol. The van der Waals surface area contributed by atoms with Crippen molar-refractivity contribution in [2.24, 2.45) is 7.05 Å². The second-order valence-corrected chi connectivity index (χ2v) is 6.58. The molecular weight excluding hydrogens is 344 g/mol. The number of para-hydroxylation sites is 1. The summed E-state index contributed by atoms with van der Waals surface area (Å²) in [6, 6.07) is 11.4. The summed E-state index contributed by atoms with van der Waals surface area (Å²) in [4.78, 5) is 28.7. The van der Waals surface area contributed by atoms with Crippen molar-refractivity contribution >= 4 is 11.8 Å². The number of carbonyl (C=O) groups is 2. The number of amides is 2. The first kappa shape index (κ1) is 18.9. The zero-order valence-electron chi connectivity index (χ0n) is 15.9. The number of benzene rings is 1. The number of aryl methyl sites for hydroxylation is 2. The van der Waals surface area contributed by atoms with Gasteiger partial charge in [0, 0.05) is 33.1 Å². The van der Waals surface area contributed by atoms with Crippen LogP contribution in [-0.2, 0) is 18.3 Å². The van der Waals surface area contributed by atoms with E-state index in [1.807, 2.05) is 43.3 Å². The summed E-state index contributed by atoms with van der Waals surface area (Å²) in [6.07, 6.45) is 1.12. The van der Waals surface area contributed by atoms with Crippen molar-refractivity contribution in [1.82, 2.24) is 19.6 Å². The summed E-state index contributed by atoms with van der Waals surface area (Å²) in [5.74, 6) is 0.778. The molecule has 1 fully saturated rings. The Morgan fingerprint density at radius 2 is 1.96 bits per heavy atom. The van der Waals surface area contributed by atoms with Gasteiger partial charge >= 0.3 is 0 Å². The van der Waals surface area contributed by atoms with E-state index in [9.17, 15) is 9.59 Å². The fourth-order valence-corrected chi connectivity index (χ4v) is 3.16. The molecule has 0 radical (unpaired) electrons. The highest BCUT2D eigenvalue weighted by Gasteiger charge is 2.26. The summed E-state index contributed by atoms with van der Waals surface area (Å²) in [5, 5.41) is 4.34. The van der Waals surface area contributed by atoms with E-state index >= 15 is 0 Å². The maximum Gasteiger partial charge on any atom is 0.272 e. The molecular formula is C20H26N4O3. The van der Waals surface area contributed by atoms with Gasteiger partial charge in [-0.3, -0.25) is 14.3 Å². The summed E-state index contributed by atoms with van der Waals surface area (Å²) in [7, 11) is 1.78. The van der Waals surface area contributed by atoms with Crippen molar-refractivity contribution in [3.05, 3.63) is 47.8 Å². The Kier molecular flexibility index (Phi) is 6.11. The molecule has 1 aliphatic rings. The monoisotopic (exact) mass is 370 g/mol. The van der Waals surface area contributed by atoms with Gasteiger partial charge in [-0.25, -0.2) is 0 Å². The molecule has 1 saturated heterocycles. The Bertz CT molecular complexity index is 788. The van der Waals surface area contributed by atoms with Gasteiger partial charge in [0.2, 0.25) is 5.91 Å². The molecule has 0 unspecified atom stereocenters. The first-order chi connectivity index (χ1) is 13.1. The van der Waals surface area contributed by atoms with E-state index in [0.717, 1.165) is 17.9 Å². The number of aromatic nitrogens is 2. The SMILES string of the molecule is CCc1cc(C(=O)N2CCC(=O)N(CCOc3ccccc3)CC2)n(C)n1. The van der Waals surface area contributed by atoms with E-state index < -0.39 is 0 Å². The van der Waals surface area contributed by atoms with E-state index in [-0.39, 0.29) is 11.8 Å². The Morgan fingerprint density at radius 3 is 2.67 bits per heavy atom.